The molecular formula is C14H20N4. The molecule has 0 aliphatic heterocycles. The zero-order valence-electron chi connectivity index (χ0n) is 11.1. The number of rotatable bonds is 5. The third-order valence-electron chi connectivity index (χ3n) is 3.88. The summed E-state index contributed by atoms with van der Waals surface area (Å²) < 4.78 is 1.89. The van der Waals surface area contributed by atoms with Gasteiger partial charge in [0.25, 0.3) is 0 Å². The van der Waals surface area contributed by atoms with Gasteiger partial charge in [0.2, 0.25) is 0 Å². The van der Waals surface area contributed by atoms with Crippen LogP contribution in [0.5, 0.6) is 0 Å². The third kappa shape index (κ3) is 2.07. The second kappa shape index (κ2) is 4.26. The molecular weight excluding hydrogens is 224 g/mol. The van der Waals surface area contributed by atoms with Crippen LogP contribution in [0.15, 0.2) is 18.5 Å². The second-order valence-corrected chi connectivity index (χ2v) is 5.49. The quantitative estimate of drug-likeness (QED) is 0.879. The Kier molecular flexibility index (Phi) is 2.73. The molecule has 1 fully saturated rings. The van der Waals surface area contributed by atoms with Crippen LogP contribution >= 0.6 is 0 Å². The summed E-state index contributed by atoms with van der Waals surface area (Å²) in [6, 6.07) is 2.08. The SMILES string of the molecule is CCCC1(CNc2nccn3nc(C)cc23)CC1. The van der Waals surface area contributed by atoms with Crippen LogP contribution in [0.4, 0.5) is 5.82 Å². The van der Waals surface area contributed by atoms with Crippen molar-refractivity contribution in [2.45, 2.75) is 39.5 Å². The van der Waals surface area contributed by atoms with Crippen molar-refractivity contribution >= 4 is 11.3 Å². The maximum Gasteiger partial charge on any atom is 0.152 e. The molecule has 2 heterocycles. The predicted octanol–water partition coefficient (Wildman–Crippen LogP) is 3.03. The lowest BCUT2D eigenvalue weighted by Gasteiger charge is -2.15. The first-order chi connectivity index (χ1) is 8.72. The number of hydrogen-bond acceptors (Lipinski definition) is 3. The summed E-state index contributed by atoms with van der Waals surface area (Å²) in [5.41, 5.74) is 2.64. The largest absolute Gasteiger partial charge is 0.368 e. The summed E-state index contributed by atoms with van der Waals surface area (Å²) in [4.78, 5) is 4.44. The molecule has 2 aromatic rings. The van der Waals surface area contributed by atoms with Gasteiger partial charge in [-0.1, -0.05) is 13.3 Å². The summed E-state index contributed by atoms with van der Waals surface area (Å²) in [7, 11) is 0. The van der Waals surface area contributed by atoms with Crippen LogP contribution in [-0.4, -0.2) is 21.1 Å². The topological polar surface area (TPSA) is 42.2 Å². The lowest BCUT2D eigenvalue weighted by atomic mass is 10.0. The highest BCUT2D eigenvalue weighted by atomic mass is 15.2. The number of nitrogens with one attached hydrogen (secondary N) is 1. The Morgan fingerprint density at radius 3 is 3.00 bits per heavy atom. The molecule has 0 bridgehead atoms. The summed E-state index contributed by atoms with van der Waals surface area (Å²) >= 11 is 0. The first kappa shape index (κ1) is 11.5. The molecule has 3 rings (SSSR count). The molecule has 0 atom stereocenters. The van der Waals surface area contributed by atoms with Crippen molar-refractivity contribution in [3.05, 3.63) is 24.2 Å². The van der Waals surface area contributed by atoms with Crippen LogP contribution in [0, 0.1) is 12.3 Å². The van der Waals surface area contributed by atoms with E-state index in [0.29, 0.717) is 5.41 Å². The second-order valence-electron chi connectivity index (χ2n) is 5.49. The Balaban J connectivity index is 1.78. The van der Waals surface area contributed by atoms with Gasteiger partial charge in [-0.15, -0.1) is 0 Å². The molecule has 1 aliphatic rings. The lowest BCUT2D eigenvalue weighted by molar-refractivity contribution is 0.485. The van der Waals surface area contributed by atoms with Gasteiger partial charge in [-0.2, -0.15) is 5.10 Å². The molecule has 0 saturated heterocycles. The van der Waals surface area contributed by atoms with E-state index in [4.69, 9.17) is 0 Å². The Labute approximate surface area is 107 Å². The van der Waals surface area contributed by atoms with Gasteiger partial charge in [0.1, 0.15) is 5.52 Å². The molecule has 1 aliphatic carbocycles. The summed E-state index contributed by atoms with van der Waals surface area (Å²) in [5.74, 6) is 0.959. The average Bonchev–Trinajstić information content (AvgIpc) is 3.00. The van der Waals surface area contributed by atoms with Gasteiger partial charge in [0.05, 0.1) is 5.69 Å². The van der Waals surface area contributed by atoms with E-state index < -0.39 is 0 Å². The van der Waals surface area contributed by atoms with Crippen LogP contribution < -0.4 is 5.32 Å². The van der Waals surface area contributed by atoms with Crippen molar-refractivity contribution in [3.8, 4) is 0 Å². The minimum atomic E-state index is 0.540. The lowest BCUT2D eigenvalue weighted by Crippen LogP contribution is -2.16. The van der Waals surface area contributed by atoms with Gasteiger partial charge in [-0.3, -0.25) is 0 Å². The van der Waals surface area contributed by atoms with Crippen molar-refractivity contribution in [3.63, 3.8) is 0 Å². The maximum atomic E-state index is 4.44. The van der Waals surface area contributed by atoms with E-state index in [2.05, 4.69) is 28.4 Å². The monoisotopic (exact) mass is 244 g/mol. The molecule has 1 N–H and O–H groups in total. The van der Waals surface area contributed by atoms with Crippen molar-refractivity contribution in [2.24, 2.45) is 5.41 Å². The van der Waals surface area contributed by atoms with Crippen molar-refractivity contribution in [1.82, 2.24) is 14.6 Å². The van der Waals surface area contributed by atoms with E-state index in [-0.39, 0.29) is 0 Å². The van der Waals surface area contributed by atoms with Gasteiger partial charge < -0.3 is 5.32 Å². The Hall–Kier alpha value is -1.58. The summed E-state index contributed by atoms with van der Waals surface area (Å²) in [5, 5.41) is 7.92. The minimum Gasteiger partial charge on any atom is -0.368 e. The molecule has 0 spiro atoms. The van der Waals surface area contributed by atoms with Crippen LogP contribution in [0.2, 0.25) is 0 Å². The average molecular weight is 244 g/mol. The molecule has 2 aromatic heterocycles. The summed E-state index contributed by atoms with van der Waals surface area (Å²) in [6.45, 7) is 5.31. The molecule has 1 saturated carbocycles. The van der Waals surface area contributed by atoms with E-state index in [1.807, 2.05) is 17.6 Å². The molecule has 0 unspecified atom stereocenters. The molecule has 96 valence electrons. The Morgan fingerprint density at radius 2 is 2.28 bits per heavy atom. The van der Waals surface area contributed by atoms with E-state index in [0.717, 1.165) is 23.6 Å². The van der Waals surface area contributed by atoms with E-state index in [1.54, 1.807) is 6.20 Å². The van der Waals surface area contributed by atoms with Gasteiger partial charge in [0, 0.05) is 18.9 Å². The van der Waals surface area contributed by atoms with Gasteiger partial charge in [0.15, 0.2) is 5.82 Å². The highest BCUT2D eigenvalue weighted by molar-refractivity contribution is 5.67. The summed E-state index contributed by atoms with van der Waals surface area (Å²) in [6.07, 6.45) is 9.00. The van der Waals surface area contributed by atoms with Crippen LogP contribution in [0.25, 0.3) is 5.52 Å². The number of aryl methyl sites for hydroxylation is 1. The fourth-order valence-electron chi connectivity index (χ4n) is 2.67. The number of fused-ring (bicyclic) bond motifs is 1. The van der Waals surface area contributed by atoms with Gasteiger partial charge in [-0.25, -0.2) is 9.50 Å². The number of aromatic nitrogens is 3. The smallest absolute Gasteiger partial charge is 0.152 e. The third-order valence-corrected chi connectivity index (χ3v) is 3.88. The number of nitrogens with zero attached hydrogens (tertiary/aromatic N) is 3. The Morgan fingerprint density at radius 1 is 1.44 bits per heavy atom. The first-order valence-corrected chi connectivity index (χ1v) is 6.77. The van der Waals surface area contributed by atoms with Crippen LogP contribution in [-0.2, 0) is 0 Å². The molecule has 18 heavy (non-hydrogen) atoms. The minimum absolute atomic E-state index is 0.540. The zero-order valence-corrected chi connectivity index (χ0v) is 11.1. The molecule has 4 nitrogen and oxygen atoms in total. The van der Waals surface area contributed by atoms with Gasteiger partial charge in [-0.05, 0) is 37.7 Å². The van der Waals surface area contributed by atoms with Crippen molar-refractivity contribution < 1.29 is 0 Å². The fraction of sp³-hybridized carbons (Fsp3) is 0.571. The standard InChI is InChI=1S/C14H20N4/c1-3-4-14(5-6-14)10-16-13-12-9-11(2)17-18(12)8-7-15-13/h7-9H,3-6,10H2,1-2H3,(H,15,16). The number of anilines is 1. The van der Waals surface area contributed by atoms with Crippen LogP contribution in [0.1, 0.15) is 38.3 Å². The van der Waals surface area contributed by atoms with Gasteiger partial charge >= 0.3 is 0 Å². The van der Waals surface area contributed by atoms with E-state index in [1.165, 1.54) is 25.7 Å². The molecule has 0 amide bonds. The molecule has 0 radical (unpaired) electrons. The normalized spacial score (nSPS) is 17.0. The number of hydrogen-bond donors (Lipinski definition) is 1. The highest BCUT2D eigenvalue weighted by Gasteiger charge is 2.41. The molecule has 0 aromatic carbocycles. The van der Waals surface area contributed by atoms with E-state index >= 15 is 0 Å². The van der Waals surface area contributed by atoms with E-state index in [9.17, 15) is 0 Å². The first-order valence-electron chi connectivity index (χ1n) is 6.77. The predicted molar refractivity (Wildman–Crippen MR) is 72.8 cm³/mol. The zero-order chi connectivity index (χ0) is 12.6. The van der Waals surface area contributed by atoms with Crippen molar-refractivity contribution in [1.29, 1.82) is 0 Å². The molecule has 4 heteroatoms. The van der Waals surface area contributed by atoms with Crippen LogP contribution in [0.3, 0.4) is 0 Å². The highest BCUT2D eigenvalue weighted by Crippen LogP contribution is 2.49. The fourth-order valence-corrected chi connectivity index (χ4v) is 2.67. The Bertz CT molecular complexity index is 554. The van der Waals surface area contributed by atoms with Crippen molar-refractivity contribution in [2.75, 3.05) is 11.9 Å². The maximum absolute atomic E-state index is 4.44.